The van der Waals surface area contributed by atoms with Crippen LogP contribution in [0.3, 0.4) is 0 Å². The molecule has 0 amide bonds. The van der Waals surface area contributed by atoms with Crippen LogP contribution in [-0.4, -0.2) is 24.5 Å². The topological polar surface area (TPSA) is 46.0 Å². The number of nitrogens with zero attached hydrogens (tertiary/aromatic N) is 4. The van der Waals surface area contributed by atoms with Crippen LogP contribution in [0.2, 0.25) is 0 Å². The molecular formula is C25H23N5S. The highest BCUT2D eigenvalue weighted by atomic mass is 32.1. The molecule has 6 heteroatoms. The largest absolute Gasteiger partial charge is 0.352 e. The Bertz CT molecular complexity index is 1170. The molecule has 0 aliphatic carbocycles. The first-order valence-corrected chi connectivity index (χ1v) is 10.7. The van der Waals surface area contributed by atoms with Crippen molar-refractivity contribution >= 4 is 17.3 Å². The minimum absolute atomic E-state index is 0.0271. The molecule has 1 fully saturated rings. The lowest BCUT2D eigenvalue weighted by molar-refractivity contribution is 0.302. The van der Waals surface area contributed by atoms with Gasteiger partial charge in [-0.25, -0.2) is 4.98 Å². The first kappa shape index (κ1) is 19.5. The van der Waals surface area contributed by atoms with E-state index in [0.29, 0.717) is 6.54 Å². The summed E-state index contributed by atoms with van der Waals surface area (Å²) in [5.41, 5.74) is 4.44. The van der Waals surface area contributed by atoms with Crippen molar-refractivity contribution in [3.05, 3.63) is 114 Å². The van der Waals surface area contributed by atoms with Crippen LogP contribution in [0, 0.1) is 6.92 Å². The monoisotopic (exact) mass is 425 g/mol. The van der Waals surface area contributed by atoms with Gasteiger partial charge in [-0.05, 0) is 60.6 Å². The number of pyridine rings is 2. The van der Waals surface area contributed by atoms with Gasteiger partial charge in [-0.3, -0.25) is 4.98 Å². The maximum atomic E-state index is 5.81. The lowest BCUT2D eigenvalue weighted by Gasteiger charge is -2.29. The Labute approximate surface area is 187 Å². The van der Waals surface area contributed by atoms with Crippen LogP contribution in [0.25, 0.3) is 5.82 Å². The molecule has 0 radical (unpaired) electrons. The van der Waals surface area contributed by atoms with Gasteiger partial charge in [-0.15, -0.1) is 0 Å². The van der Waals surface area contributed by atoms with Crippen LogP contribution in [0.5, 0.6) is 0 Å². The van der Waals surface area contributed by atoms with Gasteiger partial charge < -0.3 is 14.8 Å². The predicted octanol–water partition coefficient (Wildman–Crippen LogP) is 4.75. The molecular weight excluding hydrogens is 402 g/mol. The Morgan fingerprint density at radius 2 is 1.77 bits per heavy atom. The second kappa shape index (κ2) is 8.32. The van der Waals surface area contributed by atoms with Crippen LogP contribution in [0.1, 0.15) is 34.6 Å². The van der Waals surface area contributed by atoms with E-state index in [1.54, 1.807) is 0 Å². The van der Waals surface area contributed by atoms with Gasteiger partial charge in [0.15, 0.2) is 5.11 Å². The summed E-state index contributed by atoms with van der Waals surface area (Å²) in [6.07, 6.45) is 5.79. The molecule has 0 spiro atoms. The molecule has 3 aromatic heterocycles. The molecule has 4 heterocycles. The van der Waals surface area contributed by atoms with Crippen LogP contribution in [-0.2, 0) is 6.54 Å². The van der Waals surface area contributed by atoms with Gasteiger partial charge >= 0.3 is 0 Å². The zero-order valence-electron chi connectivity index (χ0n) is 17.2. The smallest absolute Gasteiger partial charge is 0.170 e. The highest BCUT2D eigenvalue weighted by molar-refractivity contribution is 7.80. The number of aromatic nitrogens is 3. The maximum Gasteiger partial charge on any atom is 0.170 e. The molecule has 4 aromatic rings. The van der Waals surface area contributed by atoms with E-state index in [4.69, 9.17) is 12.2 Å². The van der Waals surface area contributed by atoms with Gasteiger partial charge in [0.1, 0.15) is 5.82 Å². The summed E-state index contributed by atoms with van der Waals surface area (Å²) in [5, 5.41) is 4.26. The molecule has 1 aliphatic rings. The van der Waals surface area contributed by atoms with E-state index < -0.39 is 0 Å². The van der Waals surface area contributed by atoms with E-state index in [-0.39, 0.29) is 12.1 Å². The zero-order chi connectivity index (χ0) is 21.2. The summed E-state index contributed by atoms with van der Waals surface area (Å²) in [7, 11) is 0. The zero-order valence-corrected chi connectivity index (χ0v) is 18.0. The second-order valence-electron chi connectivity index (χ2n) is 7.74. The summed E-state index contributed by atoms with van der Waals surface area (Å²) < 4.78 is 2.15. The Hall–Kier alpha value is -3.51. The van der Waals surface area contributed by atoms with Crippen molar-refractivity contribution in [1.29, 1.82) is 0 Å². The third-order valence-corrected chi connectivity index (χ3v) is 5.97. The third-order valence-electron chi connectivity index (χ3n) is 5.62. The number of rotatable bonds is 5. The molecule has 154 valence electrons. The van der Waals surface area contributed by atoms with Gasteiger partial charge in [0.25, 0.3) is 0 Å². The fraction of sp³-hybridized carbons (Fsp3) is 0.160. The van der Waals surface area contributed by atoms with E-state index in [1.807, 2.05) is 37.5 Å². The van der Waals surface area contributed by atoms with Gasteiger partial charge in [0.2, 0.25) is 0 Å². The highest BCUT2D eigenvalue weighted by Gasteiger charge is 2.41. The fourth-order valence-electron chi connectivity index (χ4n) is 4.12. The van der Waals surface area contributed by atoms with Gasteiger partial charge in [0.05, 0.1) is 17.8 Å². The molecule has 1 saturated heterocycles. The fourth-order valence-corrected chi connectivity index (χ4v) is 4.43. The van der Waals surface area contributed by atoms with Crippen molar-refractivity contribution in [2.45, 2.75) is 25.6 Å². The Balaban J connectivity index is 1.60. The number of hydrogen-bond acceptors (Lipinski definition) is 3. The number of aryl methyl sites for hydroxylation is 1. The first-order valence-electron chi connectivity index (χ1n) is 10.3. The SMILES string of the molecule is Cc1ccc(-n2cccc2C2C(c3ccccn3)NC(=S)N2Cc2ccccc2)nc1. The first-order chi connectivity index (χ1) is 15.2. The van der Waals surface area contributed by atoms with Gasteiger partial charge in [-0.2, -0.15) is 0 Å². The Morgan fingerprint density at radius 3 is 2.52 bits per heavy atom. The molecule has 1 N–H and O–H groups in total. The minimum atomic E-state index is -0.0588. The van der Waals surface area contributed by atoms with Crippen molar-refractivity contribution in [3.63, 3.8) is 0 Å². The Kier molecular flexibility index (Phi) is 5.22. The van der Waals surface area contributed by atoms with Gasteiger partial charge in [-0.1, -0.05) is 42.5 Å². The van der Waals surface area contributed by atoms with Crippen molar-refractivity contribution in [2.24, 2.45) is 0 Å². The average Bonchev–Trinajstić information content (AvgIpc) is 3.40. The summed E-state index contributed by atoms with van der Waals surface area (Å²) >= 11 is 5.81. The standard InChI is InChI=1S/C25H23N5S/c1-18-12-13-22(27-16-18)29-15-7-11-21(29)24-23(20-10-5-6-14-26-20)28-25(31)30(24)17-19-8-3-2-4-9-19/h2-16,23-24H,17H2,1H3,(H,28,31). The molecule has 0 bridgehead atoms. The summed E-state index contributed by atoms with van der Waals surface area (Å²) in [6.45, 7) is 2.76. The van der Waals surface area contributed by atoms with Gasteiger partial charge in [0, 0.05) is 30.8 Å². The molecule has 1 aliphatic heterocycles. The van der Waals surface area contributed by atoms with Crippen LogP contribution >= 0.6 is 12.2 Å². The van der Waals surface area contributed by atoms with Crippen molar-refractivity contribution in [3.8, 4) is 5.82 Å². The van der Waals surface area contributed by atoms with Crippen LogP contribution in [0.15, 0.2) is 91.4 Å². The molecule has 1 aromatic carbocycles. The quantitative estimate of drug-likeness (QED) is 0.468. The molecule has 2 unspecified atom stereocenters. The molecule has 31 heavy (non-hydrogen) atoms. The van der Waals surface area contributed by atoms with E-state index in [2.05, 4.69) is 85.5 Å². The number of nitrogens with one attached hydrogen (secondary N) is 1. The van der Waals surface area contributed by atoms with Crippen molar-refractivity contribution in [2.75, 3.05) is 0 Å². The van der Waals surface area contributed by atoms with Crippen LogP contribution in [0.4, 0.5) is 0 Å². The number of hydrogen-bond donors (Lipinski definition) is 1. The molecule has 0 saturated carbocycles. The van der Waals surface area contributed by atoms with E-state index in [9.17, 15) is 0 Å². The third kappa shape index (κ3) is 3.82. The van der Waals surface area contributed by atoms with Crippen LogP contribution < -0.4 is 5.32 Å². The molecule has 2 atom stereocenters. The highest BCUT2D eigenvalue weighted by Crippen LogP contribution is 2.40. The number of thiocarbonyl (C=S) groups is 1. The second-order valence-corrected chi connectivity index (χ2v) is 8.12. The van der Waals surface area contributed by atoms with Crippen molar-refractivity contribution in [1.82, 2.24) is 24.8 Å². The molecule has 5 rings (SSSR count). The summed E-state index contributed by atoms with van der Waals surface area (Å²) in [4.78, 5) is 11.5. The van der Waals surface area contributed by atoms with E-state index in [1.165, 1.54) is 5.56 Å². The maximum absolute atomic E-state index is 5.81. The number of benzene rings is 1. The average molecular weight is 426 g/mol. The van der Waals surface area contributed by atoms with E-state index >= 15 is 0 Å². The molecule has 5 nitrogen and oxygen atoms in total. The lowest BCUT2D eigenvalue weighted by Crippen LogP contribution is -2.30. The normalized spacial score (nSPS) is 18.2. The predicted molar refractivity (Wildman–Crippen MR) is 126 cm³/mol. The summed E-state index contributed by atoms with van der Waals surface area (Å²) in [5.74, 6) is 0.892. The summed E-state index contributed by atoms with van der Waals surface area (Å²) in [6, 6.07) is 24.7. The van der Waals surface area contributed by atoms with Crippen molar-refractivity contribution < 1.29 is 0 Å². The lowest BCUT2D eigenvalue weighted by atomic mass is 10.0. The Morgan fingerprint density at radius 1 is 0.935 bits per heavy atom. The minimum Gasteiger partial charge on any atom is -0.352 e. The van der Waals surface area contributed by atoms with E-state index in [0.717, 1.165) is 27.9 Å².